The van der Waals surface area contributed by atoms with Crippen LogP contribution in [0.2, 0.25) is 0 Å². The van der Waals surface area contributed by atoms with Crippen LogP contribution in [0.15, 0.2) is 17.1 Å². The van der Waals surface area contributed by atoms with Gasteiger partial charge in [0, 0.05) is 51.8 Å². The Labute approximate surface area is 180 Å². The molecule has 1 aliphatic carbocycles. The smallest absolute Gasteiger partial charge is 0.230 e. The highest BCUT2D eigenvalue weighted by molar-refractivity contribution is 5.85. The Bertz CT molecular complexity index is 785. The van der Waals surface area contributed by atoms with E-state index in [0.29, 0.717) is 25.7 Å². The number of hydrogen-bond donors (Lipinski definition) is 2. The van der Waals surface area contributed by atoms with Gasteiger partial charge in [0.1, 0.15) is 17.6 Å². The number of benzene rings is 1. The van der Waals surface area contributed by atoms with Crippen molar-refractivity contribution in [2.24, 2.45) is 10.4 Å². The molecule has 3 rings (SSSR count). The Kier molecular flexibility index (Phi) is 7.10. The molecule has 1 unspecified atom stereocenters. The van der Waals surface area contributed by atoms with E-state index in [1.165, 1.54) is 5.56 Å². The van der Waals surface area contributed by atoms with Crippen molar-refractivity contribution < 1.29 is 14.3 Å². The molecule has 1 saturated carbocycles. The first-order chi connectivity index (χ1) is 14.4. The van der Waals surface area contributed by atoms with Gasteiger partial charge in [0.15, 0.2) is 5.96 Å². The van der Waals surface area contributed by atoms with E-state index in [4.69, 9.17) is 9.47 Å². The molecule has 0 aromatic heterocycles. The predicted octanol–water partition coefficient (Wildman–Crippen LogP) is 2.72. The van der Waals surface area contributed by atoms with E-state index >= 15 is 0 Å². The van der Waals surface area contributed by atoms with Crippen molar-refractivity contribution in [1.82, 2.24) is 15.5 Å². The molecule has 1 aromatic carbocycles. The van der Waals surface area contributed by atoms with Gasteiger partial charge in [-0.05, 0) is 38.8 Å². The molecule has 1 heterocycles. The maximum absolute atomic E-state index is 12.8. The number of fused-ring (bicyclic) bond motifs is 1. The molecular weight excluding hydrogens is 380 g/mol. The number of guanidine groups is 1. The molecule has 1 atom stereocenters. The number of nitrogens with zero attached hydrogens (tertiary/aromatic N) is 2. The first kappa shape index (κ1) is 22.2. The molecule has 1 aromatic rings. The summed E-state index contributed by atoms with van der Waals surface area (Å²) in [4.78, 5) is 18.9. The lowest BCUT2D eigenvalue weighted by Gasteiger charge is -2.31. The Balaban J connectivity index is 1.66. The molecule has 1 aliphatic heterocycles. The van der Waals surface area contributed by atoms with Crippen LogP contribution in [-0.4, -0.2) is 57.2 Å². The standard InChI is InChI=1S/C23H36N4O3/c1-6-29-19-12-17-11-16(2)30-20(17)13-18(19)14-25-22(24-3)26-15-23(9-7-8-10-23)21(28)27(4)5/h12-13,16H,6-11,14-15H2,1-5H3,(H2,24,25,26). The van der Waals surface area contributed by atoms with Crippen molar-refractivity contribution in [3.8, 4) is 11.5 Å². The van der Waals surface area contributed by atoms with E-state index < -0.39 is 0 Å². The highest BCUT2D eigenvalue weighted by atomic mass is 16.5. The van der Waals surface area contributed by atoms with Crippen LogP contribution in [0.5, 0.6) is 11.5 Å². The minimum Gasteiger partial charge on any atom is -0.494 e. The van der Waals surface area contributed by atoms with Crippen LogP contribution in [-0.2, 0) is 17.8 Å². The van der Waals surface area contributed by atoms with E-state index in [0.717, 1.165) is 49.2 Å². The van der Waals surface area contributed by atoms with E-state index in [1.54, 1.807) is 11.9 Å². The zero-order chi connectivity index (χ0) is 21.7. The maximum atomic E-state index is 12.8. The first-order valence-electron chi connectivity index (χ1n) is 11.0. The predicted molar refractivity (Wildman–Crippen MR) is 119 cm³/mol. The lowest BCUT2D eigenvalue weighted by molar-refractivity contribution is -0.138. The van der Waals surface area contributed by atoms with Gasteiger partial charge in [-0.25, -0.2) is 0 Å². The minimum absolute atomic E-state index is 0.198. The summed E-state index contributed by atoms with van der Waals surface area (Å²) < 4.78 is 11.8. The van der Waals surface area contributed by atoms with Gasteiger partial charge in [-0.1, -0.05) is 12.8 Å². The Morgan fingerprint density at radius 1 is 1.30 bits per heavy atom. The lowest BCUT2D eigenvalue weighted by atomic mass is 9.84. The van der Waals surface area contributed by atoms with Crippen LogP contribution in [0.4, 0.5) is 0 Å². The minimum atomic E-state index is -0.338. The number of rotatable bonds is 7. The number of nitrogens with one attached hydrogen (secondary N) is 2. The molecule has 0 radical (unpaired) electrons. The molecule has 30 heavy (non-hydrogen) atoms. The summed E-state index contributed by atoms with van der Waals surface area (Å²) >= 11 is 0. The molecule has 166 valence electrons. The molecule has 1 fully saturated rings. The summed E-state index contributed by atoms with van der Waals surface area (Å²) in [7, 11) is 5.42. The largest absolute Gasteiger partial charge is 0.494 e. The Hall–Kier alpha value is -2.44. The Morgan fingerprint density at radius 2 is 2.03 bits per heavy atom. The van der Waals surface area contributed by atoms with E-state index in [9.17, 15) is 4.79 Å². The number of hydrogen-bond acceptors (Lipinski definition) is 4. The summed E-state index contributed by atoms with van der Waals surface area (Å²) in [6, 6.07) is 4.16. The third-order valence-electron chi connectivity index (χ3n) is 6.06. The van der Waals surface area contributed by atoms with Crippen LogP contribution >= 0.6 is 0 Å². The zero-order valence-corrected chi connectivity index (χ0v) is 19.0. The number of ether oxygens (including phenoxy) is 2. The van der Waals surface area contributed by atoms with Crippen LogP contribution in [0.3, 0.4) is 0 Å². The van der Waals surface area contributed by atoms with Crippen molar-refractivity contribution in [2.75, 3.05) is 34.3 Å². The fourth-order valence-electron chi connectivity index (χ4n) is 4.55. The monoisotopic (exact) mass is 416 g/mol. The Morgan fingerprint density at radius 3 is 2.67 bits per heavy atom. The average molecular weight is 417 g/mol. The molecule has 2 N–H and O–H groups in total. The maximum Gasteiger partial charge on any atom is 0.230 e. The molecule has 2 aliphatic rings. The van der Waals surface area contributed by atoms with Crippen LogP contribution in [0.25, 0.3) is 0 Å². The number of amides is 1. The van der Waals surface area contributed by atoms with E-state index in [-0.39, 0.29) is 17.4 Å². The fourth-order valence-corrected chi connectivity index (χ4v) is 4.55. The van der Waals surface area contributed by atoms with Crippen molar-refractivity contribution >= 4 is 11.9 Å². The molecule has 7 heteroatoms. The van der Waals surface area contributed by atoms with Gasteiger partial charge in [-0.15, -0.1) is 0 Å². The third kappa shape index (κ3) is 4.82. The third-order valence-corrected chi connectivity index (χ3v) is 6.06. The highest BCUT2D eigenvalue weighted by Gasteiger charge is 2.42. The second-order valence-corrected chi connectivity index (χ2v) is 8.60. The van der Waals surface area contributed by atoms with Gasteiger partial charge in [0.05, 0.1) is 12.0 Å². The fraction of sp³-hybridized carbons (Fsp3) is 0.652. The number of carbonyl (C=O) groups excluding carboxylic acids is 1. The number of carbonyl (C=O) groups is 1. The average Bonchev–Trinajstić information content (AvgIpc) is 3.33. The summed E-state index contributed by atoms with van der Waals surface area (Å²) in [6.45, 7) is 5.84. The van der Waals surface area contributed by atoms with Gasteiger partial charge < -0.3 is 25.0 Å². The van der Waals surface area contributed by atoms with Crippen LogP contribution < -0.4 is 20.1 Å². The van der Waals surface area contributed by atoms with Crippen LogP contribution in [0, 0.1) is 5.41 Å². The van der Waals surface area contributed by atoms with Gasteiger partial charge in [-0.2, -0.15) is 0 Å². The topological polar surface area (TPSA) is 75.2 Å². The molecule has 0 bridgehead atoms. The quantitative estimate of drug-likeness (QED) is 0.528. The van der Waals surface area contributed by atoms with Crippen molar-refractivity contribution in [3.05, 3.63) is 23.3 Å². The van der Waals surface area contributed by atoms with E-state index in [2.05, 4.69) is 34.7 Å². The normalized spacial score (nSPS) is 19.8. The van der Waals surface area contributed by atoms with Gasteiger partial charge in [0.25, 0.3) is 0 Å². The van der Waals surface area contributed by atoms with Gasteiger partial charge in [0.2, 0.25) is 5.91 Å². The molecule has 0 saturated heterocycles. The summed E-state index contributed by atoms with van der Waals surface area (Å²) in [5, 5.41) is 6.76. The summed E-state index contributed by atoms with van der Waals surface area (Å²) in [5.74, 6) is 2.70. The van der Waals surface area contributed by atoms with Gasteiger partial charge in [-0.3, -0.25) is 9.79 Å². The van der Waals surface area contributed by atoms with E-state index in [1.807, 2.05) is 21.0 Å². The summed E-state index contributed by atoms with van der Waals surface area (Å²) in [6.07, 6.45) is 5.14. The van der Waals surface area contributed by atoms with Crippen molar-refractivity contribution in [2.45, 2.75) is 58.6 Å². The van der Waals surface area contributed by atoms with Crippen molar-refractivity contribution in [3.63, 3.8) is 0 Å². The van der Waals surface area contributed by atoms with Crippen molar-refractivity contribution in [1.29, 1.82) is 0 Å². The number of aliphatic imine (C=N–C) groups is 1. The molecule has 0 spiro atoms. The second-order valence-electron chi connectivity index (χ2n) is 8.60. The molecule has 7 nitrogen and oxygen atoms in total. The van der Waals surface area contributed by atoms with Gasteiger partial charge >= 0.3 is 0 Å². The second kappa shape index (κ2) is 9.58. The summed E-state index contributed by atoms with van der Waals surface area (Å²) in [5.41, 5.74) is 1.89. The zero-order valence-electron chi connectivity index (χ0n) is 19.0. The first-order valence-corrected chi connectivity index (χ1v) is 11.0. The lowest BCUT2D eigenvalue weighted by Crippen LogP contribution is -2.49. The molecular formula is C23H36N4O3. The SMILES string of the molecule is CCOc1cc2c(cc1CNC(=NC)NCC1(C(=O)N(C)C)CCCC1)OC(C)C2. The highest BCUT2D eigenvalue weighted by Crippen LogP contribution is 2.39. The molecule has 1 amide bonds. The van der Waals surface area contributed by atoms with Crippen LogP contribution in [0.1, 0.15) is 50.7 Å².